The van der Waals surface area contributed by atoms with Crippen molar-refractivity contribution in [2.24, 2.45) is 0 Å². The zero-order valence-electron chi connectivity index (χ0n) is 8.29. The summed E-state index contributed by atoms with van der Waals surface area (Å²) < 4.78 is 0.999. The van der Waals surface area contributed by atoms with E-state index in [1.807, 2.05) is 18.2 Å². The lowest BCUT2D eigenvalue weighted by Crippen LogP contribution is -2.08. The maximum absolute atomic E-state index is 11.2. The third-order valence-electron chi connectivity index (χ3n) is 2.53. The van der Waals surface area contributed by atoms with Crippen molar-refractivity contribution in [1.82, 2.24) is 9.71 Å². The first-order chi connectivity index (χ1) is 7.75. The largest absolute Gasteiger partial charge is 0.428 e. The maximum Gasteiger partial charge on any atom is 0.181 e. The molecular formula is C12H8N2O2. The van der Waals surface area contributed by atoms with Crippen molar-refractivity contribution < 1.29 is 5.21 Å². The SMILES string of the molecule is O=c1ccc2nc3ccccc3n(O)c-2c1. The van der Waals surface area contributed by atoms with Gasteiger partial charge in [0, 0.05) is 6.07 Å². The Morgan fingerprint density at radius 1 is 1.12 bits per heavy atom. The fraction of sp³-hybridized carbons (Fsp3) is 0. The zero-order chi connectivity index (χ0) is 11.1. The fourth-order valence-electron chi connectivity index (χ4n) is 1.76. The molecule has 0 aromatic heterocycles. The molecular weight excluding hydrogens is 204 g/mol. The monoisotopic (exact) mass is 212 g/mol. The Bertz CT molecular complexity index is 703. The average Bonchev–Trinajstić information content (AvgIpc) is 2.31. The molecule has 3 rings (SSSR count). The van der Waals surface area contributed by atoms with E-state index in [1.54, 1.807) is 12.1 Å². The van der Waals surface area contributed by atoms with Crippen LogP contribution in [0.1, 0.15) is 0 Å². The van der Waals surface area contributed by atoms with Crippen molar-refractivity contribution in [3.8, 4) is 11.4 Å². The van der Waals surface area contributed by atoms with Gasteiger partial charge in [0.2, 0.25) is 0 Å². The van der Waals surface area contributed by atoms with E-state index in [9.17, 15) is 10.0 Å². The molecule has 0 fully saturated rings. The van der Waals surface area contributed by atoms with Gasteiger partial charge in [-0.2, -0.15) is 4.73 Å². The van der Waals surface area contributed by atoms with E-state index in [2.05, 4.69) is 4.98 Å². The summed E-state index contributed by atoms with van der Waals surface area (Å²) in [5.74, 6) is 0. The van der Waals surface area contributed by atoms with Gasteiger partial charge in [-0.3, -0.25) is 4.79 Å². The number of para-hydroxylation sites is 2. The first-order valence-electron chi connectivity index (χ1n) is 4.86. The van der Waals surface area contributed by atoms with Crippen LogP contribution in [0.25, 0.3) is 22.4 Å². The predicted octanol–water partition coefficient (Wildman–Crippen LogP) is 1.74. The molecule has 0 saturated heterocycles. The highest BCUT2D eigenvalue weighted by atomic mass is 16.5. The quantitative estimate of drug-likeness (QED) is 0.456. The molecule has 16 heavy (non-hydrogen) atoms. The van der Waals surface area contributed by atoms with Gasteiger partial charge >= 0.3 is 0 Å². The summed E-state index contributed by atoms with van der Waals surface area (Å²) >= 11 is 0. The fourth-order valence-corrected chi connectivity index (χ4v) is 1.76. The van der Waals surface area contributed by atoms with Crippen molar-refractivity contribution in [3.63, 3.8) is 0 Å². The summed E-state index contributed by atoms with van der Waals surface area (Å²) in [5, 5.41) is 9.97. The second-order valence-corrected chi connectivity index (χ2v) is 3.56. The number of nitrogens with zero attached hydrogens (tertiary/aromatic N) is 2. The maximum atomic E-state index is 11.2. The molecule has 1 aromatic rings. The van der Waals surface area contributed by atoms with Crippen molar-refractivity contribution in [2.45, 2.75) is 0 Å². The lowest BCUT2D eigenvalue weighted by molar-refractivity contribution is 0.202. The molecule has 4 nitrogen and oxygen atoms in total. The van der Waals surface area contributed by atoms with Crippen LogP contribution in [-0.2, 0) is 0 Å². The first-order valence-corrected chi connectivity index (χ1v) is 4.86. The zero-order valence-corrected chi connectivity index (χ0v) is 8.29. The van der Waals surface area contributed by atoms with E-state index < -0.39 is 0 Å². The molecule has 1 N–H and O–H groups in total. The molecule has 0 amide bonds. The Morgan fingerprint density at radius 3 is 2.81 bits per heavy atom. The highest BCUT2D eigenvalue weighted by Crippen LogP contribution is 2.21. The summed E-state index contributed by atoms with van der Waals surface area (Å²) in [6.45, 7) is 0. The lowest BCUT2D eigenvalue weighted by Gasteiger charge is -2.11. The van der Waals surface area contributed by atoms with Gasteiger partial charge in [0.25, 0.3) is 0 Å². The van der Waals surface area contributed by atoms with Crippen LogP contribution in [0.3, 0.4) is 0 Å². The van der Waals surface area contributed by atoms with Gasteiger partial charge in [-0.1, -0.05) is 12.1 Å². The predicted molar refractivity (Wildman–Crippen MR) is 59.8 cm³/mol. The van der Waals surface area contributed by atoms with Crippen LogP contribution in [0.5, 0.6) is 0 Å². The first kappa shape index (κ1) is 8.91. The van der Waals surface area contributed by atoms with Crippen LogP contribution >= 0.6 is 0 Å². The van der Waals surface area contributed by atoms with E-state index in [-0.39, 0.29) is 5.43 Å². The van der Waals surface area contributed by atoms with Crippen molar-refractivity contribution >= 4 is 11.0 Å². The summed E-state index contributed by atoms with van der Waals surface area (Å²) in [7, 11) is 0. The van der Waals surface area contributed by atoms with E-state index in [4.69, 9.17) is 0 Å². The van der Waals surface area contributed by atoms with Gasteiger partial charge in [0.15, 0.2) is 5.43 Å². The minimum Gasteiger partial charge on any atom is -0.428 e. The molecule has 78 valence electrons. The van der Waals surface area contributed by atoms with Crippen molar-refractivity contribution in [1.29, 1.82) is 0 Å². The second kappa shape index (κ2) is 3.06. The molecule has 1 aromatic carbocycles. The van der Waals surface area contributed by atoms with Gasteiger partial charge < -0.3 is 5.21 Å². The molecule has 0 atom stereocenters. The highest BCUT2D eigenvalue weighted by Gasteiger charge is 2.11. The number of hydrogen-bond acceptors (Lipinski definition) is 3. The third kappa shape index (κ3) is 1.16. The van der Waals surface area contributed by atoms with Gasteiger partial charge in [-0.25, -0.2) is 4.98 Å². The Morgan fingerprint density at radius 2 is 1.94 bits per heavy atom. The Hall–Kier alpha value is -2.36. The molecule has 4 heteroatoms. The van der Waals surface area contributed by atoms with Crippen LogP contribution < -0.4 is 5.43 Å². The molecule has 1 aliphatic heterocycles. The Labute approximate surface area is 90.7 Å². The number of rotatable bonds is 0. The normalized spacial score (nSPS) is 11.0. The van der Waals surface area contributed by atoms with E-state index in [1.165, 1.54) is 12.1 Å². The second-order valence-electron chi connectivity index (χ2n) is 3.56. The van der Waals surface area contributed by atoms with Crippen LogP contribution in [0.4, 0.5) is 0 Å². The minimum atomic E-state index is -0.146. The van der Waals surface area contributed by atoms with E-state index in [0.717, 1.165) is 4.73 Å². The average molecular weight is 212 g/mol. The van der Waals surface area contributed by atoms with Gasteiger partial charge in [0.05, 0.1) is 11.2 Å². The van der Waals surface area contributed by atoms with Gasteiger partial charge in [-0.15, -0.1) is 0 Å². The summed E-state index contributed by atoms with van der Waals surface area (Å²) in [6.07, 6.45) is 0. The molecule has 0 saturated carbocycles. The minimum absolute atomic E-state index is 0.146. The third-order valence-corrected chi connectivity index (χ3v) is 2.53. The van der Waals surface area contributed by atoms with Gasteiger partial charge in [-0.05, 0) is 24.3 Å². The molecule has 1 heterocycles. The van der Waals surface area contributed by atoms with Crippen LogP contribution in [-0.4, -0.2) is 14.9 Å². The summed E-state index contributed by atoms with van der Waals surface area (Å²) in [4.78, 5) is 15.6. The topological polar surface area (TPSA) is 55.1 Å². The number of aromatic nitrogens is 2. The van der Waals surface area contributed by atoms with Crippen LogP contribution in [0, 0.1) is 0 Å². The summed E-state index contributed by atoms with van der Waals surface area (Å²) in [5.41, 5.74) is 2.15. The smallest absolute Gasteiger partial charge is 0.181 e. The van der Waals surface area contributed by atoms with Crippen LogP contribution in [0.15, 0.2) is 47.3 Å². The van der Waals surface area contributed by atoms with E-state index >= 15 is 0 Å². The van der Waals surface area contributed by atoms with Crippen molar-refractivity contribution in [3.05, 3.63) is 52.7 Å². The molecule has 0 spiro atoms. The molecule has 0 bridgehead atoms. The lowest BCUT2D eigenvalue weighted by atomic mass is 10.2. The van der Waals surface area contributed by atoms with Crippen molar-refractivity contribution in [2.75, 3.05) is 0 Å². The van der Waals surface area contributed by atoms with E-state index in [0.29, 0.717) is 22.4 Å². The standard InChI is InChI=1S/C12H8N2O2/c15-8-5-6-10-12(7-8)14(16)11-4-2-1-3-9(11)13-10/h1-7,16H. The number of fused-ring (bicyclic) bond motifs is 2. The highest BCUT2D eigenvalue weighted by molar-refractivity contribution is 5.79. The Kier molecular flexibility index (Phi) is 1.71. The molecule has 0 unspecified atom stereocenters. The number of hydrogen-bond donors (Lipinski definition) is 1. The Balaban J connectivity index is 2.57. The molecule has 2 aliphatic rings. The van der Waals surface area contributed by atoms with Gasteiger partial charge in [0.1, 0.15) is 11.2 Å². The molecule has 1 aliphatic carbocycles. The summed E-state index contributed by atoms with van der Waals surface area (Å²) in [6, 6.07) is 11.6. The number of benzene rings is 2. The molecule has 0 radical (unpaired) electrons. The van der Waals surface area contributed by atoms with Crippen LogP contribution in [0.2, 0.25) is 0 Å².